The molecule has 0 amide bonds. The average molecular weight is 483 g/mol. The Labute approximate surface area is 214 Å². The molecule has 186 valence electrons. The van der Waals surface area contributed by atoms with E-state index in [0.29, 0.717) is 0 Å². The van der Waals surface area contributed by atoms with E-state index >= 15 is 0 Å². The summed E-state index contributed by atoms with van der Waals surface area (Å²) in [6, 6.07) is 19.6. The molecule has 0 spiro atoms. The maximum atomic E-state index is 11.2. The lowest BCUT2D eigenvalue weighted by molar-refractivity contribution is 0.0686. The van der Waals surface area contributed by atoms with E-state index in [2.05, 4.69) is 18.8 Å². The Morgan fingerprint density at radius 3 is 1.50 bits per heavy atom. The van der Waals surface area contributed by atoms with Crippen LogP contribution in [-0.4, -0.2) is 22.2 Å². The summed E-state index contributed by atoms with van der Waals surface area (Å²) in [5, 5.41) is 18.4. The molecule has 4 heteroatoms. The van der Waals surface area contributed by atoms with Crippen molar-refractivity contribution in [1.29, 1.82) is 0 Å². The number of rotatable bonds is 12. The molecule has 0 unspecified atom stereocenters. The molecule has 0 bridgehead atoms. The highest BCUT2D eigenvalue weighted by Crippen LogP contribution is 2.29. The smallest absolute Gasteiger partial charge is 0.335 e. The summed E-state index contributed by atoms with van der Waals surface area (Å²) in [5.41, 5.74) is 5.03. The molecule has 3 aromatic carbocycles. The van der Waals surface area contributed by atoms with Crippen molar-refractivity contribution in [2.75, 3.05) is 0 Å². The SMILES string of the molecule is CCCCCCCCCCC#Cc1cc(-c2ccc(C(=O)O)cc2)cc(-c2ccc(C(=O)O)cc2)c1. The molecule has 2 N–H and O–H groups in total. The van der Waals surface area contributed by atoms with Crippen molar-refractivity contribution in [2.45, 2.75) is 64.7 Å². The van der Waals surface area contributed by atoms with Gasteiger partial charge in [0.2, 0.25) is 0 Å². The molecule has 0 fully saturated rings. The molecule has 0 saturated heterocycles. The minimum absolute atomic E-state index is 0.240. The lowest BCUT2D eigenvalue weighted by Gasteiger charge is -2.09. The minimum Gasteiger partial charge on any atom is -0.478 e. The average Bonchev–Trinajstić information content (AvgIpc) is 2.89. The van der Waals surface area contributed by atoms with Gasteiger partial charge in [0.15, 0.2) is 0 Å². The van der Waals surface area contributed by atoms with Gasteiger partial charge in [0.1, 0.15) is 0 Å². The number of benzene rings is 3. The van der Waals surface area contributed by atoms with Gasteiger partial charge in [0.05, 0.1) is 11.1 Å². The number of unbranched alkanes of at least 4 members (excludes halogenated alkanes) is 8. The molecule has 0 aliphatic rings. The molecule has 0 aliphatic carbocycles. The van der Waals surface area contributed by atoms with Gasteiger partial charge in [-0.2, -0.15) is 0 Å². The monoisotopic (exact) mass is 482 g/mol. The van der Waals surface area contributed by atoms with E-state index in [0.717, 1.165) is 40.7 Å². The van der Waals surface area contributed by atoms with Gasteiger partial charge in [-0.1, -0.05) is 88.0 Å². The van der Waals surface area contributed by atoms with Gasteiger partial charge < -0.3 is 10.2 Å². The van der Waals surface area contributed by atoms with Crippen LogP contribution in [0.4, 0.5) is 0 Å². The number of hydrogen-bond acceptors (Lipinski definition) is 2. The third-order valence-corrected chi connectivity index (χ3v) is 6.25. The van der Waals surface area contributed by atoms with E-state index in [4.69, 9.17) is 0 Å². The molecule has 0 aliphatic heterocycles. The summed E-state index contributed by atoms with van der Waals surface area (Å²) in [4.78, 5) is 22.5. The molecular weight excluding hydrogens is 448 g/mol. The molecular formula is C32H34O4. The molecule has 0 aromatic heterocycles. The standard InChI is InChI=1S/C32H34O4/c1-2-3-4-5-6-7-8-9-10-11-12-24-21-29(25-13-17-27(18-14-25)31(33)34)23-30(22-24)26-15-19-28(20-16-26)32(35)36/h13-23H,2-10H2,1H3,(H,33,34)(H,35,36). The second kappa shape index (κ2) is 13.9. The van der Waals surface area contributed by atoms with Crippen molar-refractivity contribution in [2.24, 2.45) is 0 Å². The van der Waals surface area contributed by atoms with Crippen LogP contribution in [0.15, 0.2) is 66.7 Å². The van der Waals surface area contributed by atoms with Crippen LogP contribution in [0.1, 0.15) is 91.0 Å². The van der Waals surface area contributed by atoms with Gasteiger partial charge in [-0.3, -0.25) is 0 Å². The van der Waals surface area contributed by atoms with Crippen molar-refractivity contribution in [3.8, 4) is 34.1 Å². The number of carboxylic acids is 2. The van der Waals surface area contributed by atoms with E-state index in [-0.39, 0.29) is 11.1 Å². The number of carboxylic acid groups (broad SMARTS) is 2. The molecule has 0 heterocycles. The number of hydrogen-bond donors (Lipinski definition) is 2. The fourth-order valence-electron chi connectivity index (χ4n) is 4.16. The largest absolute Gasteiger partial charge is 0.478 e. The Bertz CT molecular complexity index is 1140. The summed E-state index contributed by atoms with van der Waals surface area (Å²) in [5.74, 6) is 4.70. The maximum Gasteiger partial charge on any atom is 0.335 e. The summed E-state index contributed by atoms with van der Waals surface area (Å²) < 4.78 is 0. The van der Waals surface area contributed by atoms with Gasteiger partial charge in [0.25, 0.3) is 0 Å². The topological polar surface area (TPSA) is 74.6 Å². The predicted molar refractivity (Wildman–Crippen MR) is 145 cm³/mol. The zero-order valence-electron chi connectivity index (χ0n) is 20.9. The molecule has 3 rings (SSSR count). The van der Waals surface area contributed by atoms with Crippen LogP contribution in [-0.2, 0) is 0 Å². The first-order valence-corrected chi connectivity index (χ1v) is 12.8. The zero-order valence-corrected chi connectivity index (χ0v) is 20.9. The van der Waals surface area contributed by atoms with Crippen molar-refractivity contribution in [3.63, 3.8) is 0 Å². The lowest BCUT2D eigenvalue weighted by atomic mass is 9.95. The van der Waals surface area contributed by atoms with E-state index in [9.17, 15) is 19.8 Å². The van der Waals surface area contributed by atoms with Crippen LogP contribution in [0, 0.1) is 11.8 Å². The quantitative estimate of drug-likeness (QED) is 0.201. The van der Waals surface area contributed by atoms with Crippen LogP contribution in [0.5, 0.6) is 0 Å². The Morgan fingerprint density at radius 1 is 0.611 bits per heavy atom. The first kappa shape index (κ1) is 26.8. The molecule has 0 radical (unpaired) electrons. The van der Waals surface area contributed by atoms with Crippen molar-refractivity contribution in [1.82, 2.24) is 0 Å². The fraction of sp³-hybridized carbons (Fsp3) is 0.312. The van der Waals surface area contributed by atoms with Crippen LogP contribution in [0.25, 0.3) is 22.3 Å². The molecule has 0 saturated carbocycles. The highest BCUT2D eigenvalue weighted by molar-refractivity contribution is 5.89. The van der Waals surface area contributed by atoms with Crippen LogP contribution >= 0.6 is 0 Å². The number of carbonyl (C=O) groups is 2. The molecule has 0 atom stereocenters. The van der Waals surface area contributed by atoms with Gasteiger partial charge >= 0.3 is 11.9 Å². The highest BCUT2D eigenvalue weighted by atomic mass is 16.4. The van der Waals surface area contributed by atoms with E-state index in [1.165, 1.54) is 44.9 Å². The van der Waals surface area contributed by atoms with Gasteiger partial charge in [-0.05, 0) is 71.1 Å². The minimum atomic E-state index is -0.957. The zero-order chi connectivity index (χ0) is 25.8. The Kier molecular flexibility index (Phi) is 10.3. The van der Waals surface area contributed by atoms with Gasteiger partial charge in [-0.15, -0.1) is 0 Å². The van der Waals surface area contributed by atoms with Crippen molar-refractivity contribution in [3.05, 3.63) is 83.4 Å². The molecule has 4 nitrogen and oxygen atoms in total. The normalized spacial score (nSPS) is 10.5. The Morgan fingerprint density at radius 2 is 1.06 bits per heavy atom. The fourth-order valence-corrected chi connectivity index (χ4v) is 4.16. The summed E-state index contributed by atoms with van der Waals surface area (Å²) >= 11 is 0. The number of aromatic carboxylic acids is 2. The first-order valence-electron chi connectivity index (χ1n) is 12.8. The van der Waals surface area contributed by atoms with Crippen molar-refractivity contribution >= 4 is 11.9 Å². The highest BCUT2D eigenvalue weighted by Gasteiger charge is 2.08. The van der Waals surface area contributed by atoms with E-state index in [1.54, 1.807) is 48.5 Å². The maximum absolute atomic E-state index is 11.2. The van der Waals surface area contributed by atoms with Gasteiger partial charge in [-0.25, -0.2) is 9.59 Å². The molecule has 3 aromatic rings. The Hall–Kier alpha value is -3.84. The van der Waals surface area contributed by atoms with Gasteiger partial charge in [0, 0.05) is 12.0 Å². The van der Waals surface area contributed by atoms with E-state index < -0.39 is 11.9 Å². The third-order valence-electron chi connectivity index (χ3n) is 6.25. The third kappa shape index (κ3) is 8.13. The second-order valence-electron chi connectivity index (χ2n) is 9.09. The van der Waals surface area contributed by atoms with Crippen LogP contribution in [0.2, 0.25) is 0 Å². The summed E-state index contributed by atoms with van der Waals surface area (Å²) in [7, 11) is 0. The molecule has 36 heavy (non-hydrogen) atoms. The van der Waals surface area contributed by atoms with Crippen LogP contribution < -0.4 is 0 Å². The Balaban J connectivity index is 1.77. The van der Waals surface area contributed by atoms with Crippen molar-refractivity contribution < 1.29 is 19.8 Å². The van der Waals surface area contributed by atoms with Crippen LogP contribution in [0.3, 0.4) is 0 Å². The predicted octanol–water partition coefficient (Wildman–Crippen LogP) is 8.30. The first-order chi connectivity index (χ1) is 17.5. The summed E-state index contributed by atoms with van der Waals surface area (Å²) in [6.45, 7) is 2.24. The second-order valence-corrected chi connectivity index (χ2v) is 9.09. The summed E-state index contributed by atoms with van der Waals surface area (Å²) in [6.07, 6.45) is 11.0. The van der Waals surface area contributed by atoms with E-state index in [1.807, 2.05) is 18.2 Å². The lowest BCUT2D eigenvalue weighted by Crippen LogP contribution is -1.95.